The normalized spacial score (nSPS) is 40.2. The summed E-state index contributed by atoms with van der Waals surface area (Å²) in [5, 5.41) is 22.6. The van der Waals surface area contributed by atoms with Crippen molar-refractivity contribution in [1.29, 1.82) is 0 Å². The summed E-state index contributed by atoms with van der Waals surface area (Å²) in [4.78, 5) is 25.9. The maximum absolute atomic E-state index is 11.0. The van der Waals surface area contributed by atoms with E-state index in [1.165, 1.54) is 13.3 Å². The van der Waals surface area contributed by atoms with Gasteiger partial charge >= 0.3 is 7.82 Å². The minimum Gasteiger partial charge on any atom is -0.384 e. The average Bonchev–Trinajstić information content (AvgIpc) is 2.80. The van der Waals surface area contributed by atoms with Gasteiger partial charge in [0.2, 0.25) is 0 Å². The van der Waals surface area contributed by atoms with Crippen LogP contribution in [0.4, 0.5) is 5.82 Å². The Morgan fingerprint density at radius 1 is 1.42 bits per heavy atom. The number of phosphoric ester groups is 1. The van der Waals surface area contributed by atoms with Crippen molar-refractivity contribution in [3.05, 3.63) is 16.9 Å². The topological polar surface area (TPSA) is 168 Å². The molecule has 4 rings (SSSR count). The van der Waals surface area contributed by atoms with Crippen molar-refractivity contribution in [2.24, 2.45) is 0 Å². The first-order valence-electron chi connectivity index (χ1n) is 7.21. The van der Waals surface area contributed by atoms with Gasteiger partial charge in [-0.15, -0.1) is 0 Å². The largest absolute Gasteiger partial charge is 0.470 e. The van der Waals surface area contributed by atoms with E-state index in [0.717, 1.165) is 0 Å². The molecule has 1 saturated heterocycles. The molecule has 11 heteroatoms. The fourth-order valence-electron chi connectivity index (χ4n) is 3.67. The van der Waals surface area contributed by atoms with E-state index < -0.39 is 37.3 Å². The summed E-state index contributed by atoms with van der Waals surface area (Å²) in [6, 6.07) is 0. The molecule has 0 aromatic carbocycles. The molecule has 0 spiro atoms. The summed E-state index contributed by atoms with van der Waals surface area (Å²) in [6.45, 7) is 1.34. The summed E-state index contributed by atoms with van der Waals surface area (Å²) in [5.41, 5.74) is 2.70. The van der Waals surface area contributed by atoms with Crippen LogP contribution in [0.1, 0.15) is 13.3 Å². The lowest BCUT2D eigenvalue weighted by molar-refractivity contribution is -0.114. The zero-order valence-electron chi connectivity index (χ0n) is 12.5. The second kappa shape index (κ2) is 4.61. The molecule has 2 fully saturated rings. The quantitative estimate of drug-likeness (QED) is 0.355. The van der Waals surface area contributed by atoms with E-state index in [-0.39, 0.29) is 0 Å². The Morgan fingerprint density at radius 2 is 2.12 bits per heavy atom. The van der Waals surface area contributed by atoms with Gasteiger partial charge < -0.3 is 30.5 Å². The predicted molar refractivity (Wildman–Crippen MR) is 79.3 cm³/mol. The predicted octanol–water partition coefficient (Wildman–Crippen LogP) is -2.87. The number of nitrogens with zero attached hydrogens (tertiary/aromatic N) is 2. The minimum absolute atomic E-state index is 0.305. The highest BCUT2D eigenvalue weighted by atomic mass is 31.2. The number of hydrogen-bond donors (Lipinski definition) is 5. The lowest BCUT2D eigenvalue weighted by Gasteiger charge is -2.33. The molecule has 0 amide bonds. The molecule has 2 heterocycles. The van der Waals surface area contributed by atoms with Crippen molar-refractivity contribution >= 4 is 25.3 Å². The third-order valence-electron chi connectivity index (χ3n) is 4.95. The van der Waals surface area contributed by atoms with E-state index in [4.69, 9.17) is 20.3 Å². The number of rotatable bonds is 3. The average molecular weight is 357 g/mol. The third-order valence-corrected chi connectivity index (χ3v) is 5.45. The van der Waals surface area contributed by atoms with Gasteiger partial charge in [-0.25, -0.2) is 14.5 Å². The van der Waals surface area contributed by atoms with E-state index in [2.05, 4.69) is 14.5 Å². The molecule has 10 nitrogen and oxygen atoms in total. The van der Waals surface area contributed by atoms with Crippen molar-refractivity contribution in [1.82, 2.24) is 9.97 Å². The van der Waals surface area contributed by atoms with Crippen LogP contribution >= 0.6 is 7.82 Å². The number of nitrogen functional groups attached to an aromatic ring is 1. The fraction of sp³-hybridized carbons (Fsp3) is 0.538. The fourth-order valence-corrected chi connectivity index (χ4v) is 4.23. The number of aromatic nitrogens is 2. The Labute approximate surface area is 135 Å². The van der Waals surface area contributed by atoms with E-state index in [0.29, 0.717) is 28.4 Å². The maximum atomic E-state index is 11.0. The molecule has 24 heavy (non-hydrogen) atoms. The molecule has 0 radical (unpaired) electrons. The number of phosphoric acid groups is 1. The Kier molecular flexibility index (Phi) is 3.09. The lowest BCUT2D eigenvalue weighted by atomic mass is 9.86. The molecule has 5 unspecified atom stereocenters. The van der Waals surface area contributed by atoms with Gasteiger partial charge in [0.1, 0.15) is 36.1 Å². The van der Waals surface area contributed by atoms with Crippen LogP contribution in [-0.2, 0) is 13.8 Å². The summed E-state index contributed by atoms with van der Waals surface area (Å²) < 4.78 is 21.2. The molecule has 2 aliphatic carbocycles. The Morgan fingerprint density at radius 3 is 2.71 bits per heavy atom. The van der Waals surface area contributed by atoms with Crippen molar-refractivity contribution < 1.29 is 33.8 Å². The van der Waals surface area contributed by atoms with Crippen LogP contribution in [0.25, 0.3) is 11.6 Å². The van der Waals surface area contributed by atoms with Crippen LogP contribution in [0.15, 0.2) is 6.33 Å². The maximum Gasteiger partial charge on any atom is 0.470 e. The molecule has 130 valence electrons. The molecule has 3 aliphatic rings. The standard InChI is InChI=1S/C13H16N3O7P/c1-12(17)8(5-2-3-6-7(5)15-4-16-11(6)14)22-9-10(13(9,12)18)23-24(19,20)21/h3-4,8-10,17-18H,2H2,1H3,(H2,14,15,16)(H2,19,20,21). The van der Waals surface area contributed by atoms with Gasteiger partial charge in [0.05, 0.1) is 5.35 Å². The third kappa shape index (κ3) is 1.96. The monoisotopic (exact) mass is 357 g/mol. The second-order valence-electron chi connectivity index (χ2n) is 6.38. The summed E-state index contributed by atoms with van der Waals surface area (Å²) in [6.07, 6.45) is 0.261. The number of ether oxygens (including phenoxy) is 1. The first kappa shape index (κ1) is 16.1. The first-order chi connectivity index (χ1) is 11.1. The SMILES string of the molecule is CC1(O)C(C2=c3ncnc(N)c3=CC2)OC2C(OP(=O)(O)O)C21O. The van der Waals surface area contributed by atoms with Crippen molar-refractivity contribution in [3.63, 3.8) is 0 Å². The van der Waals surface area contributed by atoms with E-state index >= 15 is 0 Å². The number of hydrogen-bond acceptors (Lipinski definition) is 8. The number of nitrogens with two attached hydrogens (primary N) is 1. The number of fused-ring (bicyclic) bond motifs is 2. The molecule has 1 aromatic heterocycles. The molecular formula is C13H16N3O7P. The van der Waals surface area contributed by atoms with Crippen LogP contribution in [0.2, 0.25) is 0 Å². The van der Waals surface area contributed by atoms with Gasteiger partial charge in [-0.2, -0.15) is 0 Å². The van der Waals surface area contributed by atoms with Crippen LogP contribution in [-0.4, -0.2) is 59.5 Å². The van der Waals surface area contributed by atoms with Crippen LogP contribution in [0.3, 0.4) is 0 Å². The van der Waals surface area contributed by atoms with E-state index in [1.807, 2.05) is 0 Å². The van der Waals surface area contributed by atoms with Gasteiger partial charge in [0, 0.05) is 5.22 Å². The zero-order valence-corrected chi connectivity index (χ0v) is 13.4. The van der Waals surface area contributed by atoms with Gasteiger partial charge in [-0.3, -0.25) is 4.52 Å². The Bertz CT molecular complexity index is 897. The zero-order chi connectivity index (χ0) is 17.5. The smallest absolute Gasteiger partial charge is 0.384 e. The molecule has 1 aromatic rings. The highest BCUT2D eigenvalue weighted by Crippen LogP contribution is 2.62. The van der Waals surface area contributed by atoms with E-state index in [1.54, 1.807) is 6.08 Å². The molecular weight excluding hydrogens is 341 g/mol. The highest BCUT2D eigenvalue weighted by Gasteiger charge is 2.83. The molecule has 0 bridgehead atoms. The Balaban J connectivity index is 1.72. The van der Waals surface area contributed by atoms with Crippen LogP contribution in [0, 0.1) is 0 Å². The number of anilines is 1. The summed E-state index contributed by atoms with van der Waals surface area (Å²) >= 11 is 0. The number of aliphatic hydroxyl groups is 2. The summed E-state index contributed by atoms with van der Waals surface area (Å²) in [7, 11) is -4.82. The highest BCUT2D eigenvalue weighted by molar-refractivity contribution is 7.46. The minimum atomic E-state index is -4.82. The molecule has 1 saturated carbocycles. The summed E-state index contributed by atoms with van der Waals surface area (Å²) in [5.74, 6) is 0.305. The van der Waals surface area contributed by atoms with Gasteiger partial charge in [0.25, 0.3) is 0 Å². The molecule has 6 N–H and O–H groups in total. The van der Waals surface area contributed by atoms with Crippen molar-refractivity contribution in [2.75, 3.05) is 5.73 Å². The van der Waals surface area contributed by atoms with Gasteiger partial charge in [-0.1, -0.05) is 6.08 Å². The second-order valence-corrected chi connectivity index (χ2v) is 7.57. The van der Waals surface area contributed by atoms with Crippen molar-refractivity contribution in [2.45, 2.75) is 42.9 Å². The van der Waals surface area contributed by atoms with Gasteiger partial charge in [0.15, 0.2) is 5.60 Å². The molecule has 1 aliphatic heterocycles. The van der Waals surface area contributed by atoms with Gasteiger partial charge in [-0.05, 0) is 18.9 Å². The Hall–Kier alpha value is -1.39. The van der Waals surface area contributed by atoms with Crippen LogP contribution < -0.4 is 16.3 Å². The van der Waals surface area contributed by atoms with Crippen molar-refractivity contribution in [3.8, 4) is 0 Å². The van der Waals surface area contributed by atoms with Crippen LogP contribution in [0.5, 0.6) is 0 Å². The molecule has 5 atom stereocenters. The first-order valence-corrected chi connectivity index (χ1v) is 8.74. The van der Waals surface area contributed by atoms with E-state index in [9.17, 15) is 14.8 Å². The lowest BCUT2D eigenvalue weighted by Crippen LogP contribution is -2.52.